The zero-order valence-electron chi connectivity index (χ0n) is 11.2. The predicted octanol–water partition coefficient (Wildman–Crippen LogP) is 2.34. The van der Waals surface area contributed by atoms with Crippen molar-refractivity contribution in [1.82, 2.24) is 0 Å². The normalized spacial score (nSPS) is 24.4. The maximum atomic E-state index is 10.0. The molecule has 2 N–H and O–H groups in total. The summed E-state index contributed by atoms with van der Waals surface area (Å²) in [7, 11) is 2.06. The molecule has 0 heterocycles. The summed E-state index contributed by atoms with van der Waals surface area (Å²) in [6, 6.07) is 8.03. The molecule has 0 saturated heterocycles. The van der Waals surface area contributed by atoms with Gasteiger partial charge < -0.3 is 15.1 Å². The molecule has 0 aliphatic heterocycles. The van der Waals surface area contributed by atoms with Gasteiger partial charge in [0, 0.05) is 24.8 Å². The van der Waals surface area contributed by atoms with Gasteiger partial charge in [0.1, 0.15) is 0 Å². The minimum Gasteiger partial charge on any atom is -0.393 e. The Kier molecular flexibility index (Phi) is 4.25. The quantitative estimate of drug-likeness (QED) is 0.842. The molecule has 1 fully saturated rings. The summed E-state index contributed by atoms with van der Waals surface area (Å²) in [5.41, 5.74) is 2.11. The van der Waals surface area contributed by atoms with E-state index in [0.717, 1.165) is 37.1 Å². The van der Waals surface area contributed by atoms with E-state index < -0.39 is 6.10 Å². The van der Waals surface area contributed by atoms with Gasteiger partial charge >= 0.3 is 0 Å². The number of hydrogen-bond acceptors (Lipinski definition) is 3. The van der Waals surface area contributed by atoms with Gasteiger partial charge in [0.05, 0.1) is 12.2 Å². The number of nitrogens with zero attached hydrogens (tertiary/aromatic N) is 1. The Hall–Kier alpha value is -1.06. The summed E-state index contributed by atoms with van der Waals surface area (Å²) in [4.78, 5) is 2.20. The second-order valence-electron chi connectivity index (χ2n) is 5.35. The predicted molar refractivity (Wildman–Crippen MR) is 73.7 cm³/mol. The molecule has 1 saturated carbocycles. The van der Waals surface area contributed by atoms with Gasteiger partial charge in [-0.15, -0.1) is 0 Å². The minimum atomic E-state index is -0.393. The molecule has 0 amide bonds. The second-order valence-corrected chi connectivity index (χ2v) is 5.35. The summed E-state index contributed by atoms with van der Waals surface area (Å²) in [6.45, 7) is 2.94. The number of anilines is 1. The van der Waals surface area contributed by atoms with Gasteiger partial charge in [-0.1, -0.05) is 25.1 Å². The highest BCUT2D eigenvalue weighted by molar-refractivity contribution is 5.54. The number of para-hydroxylation sites is 1. The summed E-state index contributed by atoms with van der Waals surface area (Å²) in [5, 5.41) is 19.4. The van der Waals surface area contributed by atoms with Crippen LogP contribution in [0.4, 0.5) is 5.69 Å². The lowest BCUT2D eigenvalue weighted by Gasteiger charge is -2.36. The van der Waals surface area contributed by atoms with Crippen LogP contribution in [0.25, 0.3) is 0 Å². The summed E-state index contributed by atoms with van der Waals surface area (Å²) in [5.74, 6) is 0.580. The van der Waals surface area contributed by atoms with Crippen LogP contribution >= 0.6 is 0 Å². The van der Waals surface area contributed by atoms with E-state index in [-0.39, 0.29) is 6.10 Å². The van der Waals surface area contributed by atoms with E-state index in [4.69, 9.17) is 0 Å². The summed E-state index contributed by atoms with van der Waals surface area (Å²) >= 11 is 0. The van der Waals surface area contributed by atoms with Crippen molar-refractivity contribution >= 4 is 5.69 Å². The molecule has 100 valence electrons. The average molecular weight is 249 g/mol. The lowest BCUT2D eigenvalue weighted by Crippen LogP contribution is -2.37. The molecule has 0 spiro atoms. The lowest BCUT2D eigenvalue weighted by atomic mass is 9.82. The molecule has 1 aromatic carbocycles. The van der Waals surface area contributed by atoms with E-state index in [1.165, 1.54) is 0 Å². The SMILES string of the molecule is CC[C@@H](O)c1ccccc1N(C)CC1CC(O)C1. The fourth-order valence-corrected chi connectivity index (χ4v) is 2.67. The Morgan fingerprint density at radius 3 is 2.61 bits per heavy atom. The molecule has 0 radical (unpaired) electrons. The van der Waals surface area contributed by atoms with Gasteiger partial charge in [0.15, 0.2) is 0 Å². The minimum absolute atomic E-state index is 0.0973. The van der Waals surface area contributed by atoms with Crippen LogP contribution in [0, 0.1) is 5.92 Å². The Balaban J connectivity index is 2.06. The molecule has 0 aromatic heterocycles. The van der Waals surface area contributed by atoms with Crippen LogP contribution in [0.2, 0.25) is 0 Å². The van der Waals surface area contributed by atoms with Crippen molar-refractivity contribution in [2.75, 3.05) is 18.5 Å². The molecule has 0 bridgehead atoms. The van der Waals surface area contributed by atoms with Crippen LogP contribution in [-0.4, -0.2) is 29.9 Å². The first-order valence-electron chi connectivity index (χ1n) is 6.78. The van der Waals surface area contributed by atoms with Crippen LogP contribution in [0.5, 0.6) is 0 Å². The van der Waals surface area contributed by atoms with E-state index >= 15 is 0 Å². The monoisotopic (exact) mass is 249 g/mol. The van der Waals surface area contributed by atoms with E-state index in [1.807, 2.05) is 25.1 Å². The fraction of sp³-hybridized carbons (Fsp3) is 0.600. The van der Waals surface area contributed by atoms with Crippen LogP contribution in [0.15, 0.2) is 24.3 Å². The van der Waals surface area contributed by atoms with Crippen molar-refractivity contribution in [3.8, 4) is 0 Å². The molecule has 18 heavy (non-hydrogen) atoms. The Bertz CT molecular complexity index is 388. The van der Waals surface area contributed by atoms with Gasteiger partial charge in [0.2, 0.25) is 0 Å². The van der Waals surface area contributed by atoms with E-state index in [1.54, 1.807) is 0 Å². The highest BCUT2D eigenvalue weighted by Crippen LogP contribution is 2.32. The van der Waals surface area contributed by atoms with E-state index in [9.17, 15) is 10.2 Å². The first-order chi connectivity index (χ1) is 8.61. The molecule has 2 rings (SSSR count). The topological polar surface area (TPSA) is 43.7 Å². The maximum Gasteiger partial charge on any atom is 0.0807 e. The Labute approximate surface area is 109 Å². The van der Waals surface area contributed by atoms with Crippen LogP contribution < -0.4 is 4.90 Å². The molecule has 0 unspecified atom stereocenters. The van der Waals surface area contributed by atoms with E-state index in [2.05, 4.69) is 18.0 Å². The number of benzene rings is 1. The number of aliphatic hydroxyl groups excluding tert-OH is 2. The van der Waals surface area contributed by atoms with Crippen molar-refractivity contribution in [3.05, 3.63) is 29.8 Å². The van der Waals surface area contributed by atoms with Crippen molar-refractivity contribution in [3.63, 3.8) is 0 Å². The van der Waals surface area contributed by atoms with Crippen LogP contribution in [-0.2, 0) is 0 Å². The molecule has 3 heteroatoms. The average Bonchev–Trinajstić information content (AvgIpc) is 2.36. The van der Waals surface area contributed by atoms with Gasteiger partial charge in [-0.05, 0) is 31.2 Å². The third-order valence-corrected chi connectivity index (χ3v) is 3.84. The maximum absolute atomic E-state index is 10.0. The van der Waals surface area contributed by atoms with Gasteiger partial charge in [-0.3, -0.25) is 0 Å². The van der Waals surface area contributed by atoms with Gasteiger partial charge in [-0.2, -0.15) is 0 Å². The van der Waals surface area contributed by atoms with Crippen LogP contribution in [0.3, 0.4) is 0 Å². The van der Waals surface area contributed by atoms with Crippen LogP contribution in [0.1, 0.15) is 37.9 Å². The fourth-order valence-electron chi connectivity index (χ4n) is 2.67. The van der Waals surface area contributed by atoms with E-state index in [0.29, 0.717) is 5.92 Å². The van der Waals surface area contributed by atoms with Crippen molar-refractivity contribution in [2.45, 2.75) is 38.4 Å². The second kappa shape index (κ2) is 5.72. The van der Waals surface area contributed by atoms with Crippen molar-refractivity contribution < 1.29 is 10.2 Å². The largest absolute Gasteiger partial charge is 0.393 e. The molecular formula is C15H23NO2. The summed E-state index contributed by atoms with van der Waals surface area (Å²) in [6.07, 6.45) is 2.05. The zero-order chi connectivity index (χ0) is 13.1. The van der Waals surface area contributed by atoms with Crippen molar-refractivity contribution in [2.24, 2.45) is 5.92 Å². The number of hydrogen-bond donors (Lipinski definition) is 2. The lowest BCUT2D eigenvalue weighted by molar-refractivity contribution is 0.0464. The first-order valence-corrected chi connectivity index (χ1v) is 6.78. The Morgan fingerprint density at radius 2 is 2.00 bits per heavy atom. The molecule has 1 aromatic rings. The molecule has 1 aliphatic rings. The molecule has 1 atom stereocenters. The highest BCUT2D eigenvalue weighted by Gasteiger charge is 2.28. The standard InChI is InChI=1S/C15H23NO2/c1-3-15(18)13-6-4-5-7-14(13)16(2)10-11-8-12(17)9-11/h4-7,11-12,15,17-18H,3,8-10H2,1-2H3/t11?,12?,15-/m1/s1. The Morgan fingerprint density at radius 1 is 1.33 bits per heavy atom. The highest BCUT2D eigenvalue weighted by atomic mass is 16.3. The third kappa shape index (κ3) is 2.85. The molecule has 1 aliphatic carbocycles. The number of rotatable bonds is 5. The molecular weight excluding hydrogens is 226 g/mol. The third-order valence-electron chi connectivity index (χ3n) is 3.84. The zero-order valence-corrected chi connectivity index (χ0v) is 11.2. The number of aliphatic hydroxyl groups is 2. The van der Waals surface area contributed by atoms with Gasteiger partial charge in [-0.25, -0.2) is 0 Å². The van der Waals surface area contributed by atoms with Gasteiger partial charge in [0.25, 0.3) is 0 Å². The molecule has 3 nitrogen and oxygen atoms in total. The van der Waals surface area contributed by atoms with Crippen molar-refractivity contribution in [1.29, 1.82) is 0 Å². The smallest absolute Gasteiger partial charge is 0.0807 e. The first kappa shape index (κ1) is 13.4. The summed E-state index contributed by atoms with van der Waals surface area (Å²) < 4.78 is 0.